The van der Waals surface area contributed by atoms with Gasteiger partial charge < -0.3 is 27.4 Å². The van der Waals surface area contributed by atoms with E-state index < -0.39 is 0 Å². The highest BCUT2D eigenvalue weighted by molar-refractivity contribution is 6.19. The van der Waals surface area contributed by atoms with Gasteiger partial charge in [-0.05, 0) is 278 Å². The van der Waals surface area contributed by atoms with E-state index in [9.17, 15) is 0 Å². The summed E-state index contributed by atoms with van der Waals surface area (Å²) in [7, 11) is 0. The van der Waals surface area contributed by atoms with Gasteiger partial charge in [0, 0.05) is 98.5 Å². The van der Waals surface area contributed by atoms with Crippen LogP contribution < -0.4 is 0 Å². The molecule has 29 aromatic rings. The summed E-state index contributed by atoms with van der Waals surface area (Å²) in [6.07, 6.45) is 0. The highest BCUT2D eigenvalue weighted by atomic mass is 15.0. The van der Waals surface area contributed by atoms with Gasteiger partial charge in [0.15, 0.2) is 0 Å². The third-order valence-electron chi connectivity index (χ3n) is 28.7. The van der Waals surface area contributed by atoms with Gasteiger partial charge in [-0.15, -0.1) is 0 Å². The molecule has 0 aliphatic heterocycles. The first-order valence-electron chi connectivity index (χ1n) is 47.9. The molecule has 0 fully saturated rings. The average molecular weight is 1770 g/mol. The normalized spacial score (nSPS) is 11.8. The van der Waals surface area contributed by atoms with Gasteiger partial charge in [0.2, 0.25) is 0 Å². The second-order valence-corrected chi connectivity index (χ2v) is 36.7. The number of nitrogens with zero attached hydrogens (tertiary/aromatic N) is 6. The van der Waals surface area contributed by atoms with Crippen molar-refractivity contribution >= 4 is 163 Å². The van der Waals surface area contributed by atoms with Crippen LogP contribution in [0.3, 0.4) is 0 Å². The lowest BCUT2D eigenvalue weighted by Crippen LogP contribution is -1.96. The van der Waals surface area contributed by atoms with Gasteiger partial charge in [0.25, 0.3) is 0 Å². The fraction of sp³-hybridized carbons (Fsp3) is 0.00752. The van der Waals surface area contributed by atoms with Crippen LogP contribution in [0.2, 0.25) is 0 Å². The molecule has 0 radical (unpaired) electrons. The van der Waals surface area contributed by atoms with E-state index >= 15 is 0 Å². The first-order chi connectivity index (χ1) is 68.9. The van der Waals surface area contributed by atoms with E-state index in [-0.39, 0.29) is 0 Å². The predicted octanol–water partition coefficient (Wildman–Crippen LogP) is 35.7. The number of para-hydroxylation sites is 8. The molecule has 6 heterocycles. The average Bonchev–Trinajstić information content (AvgIpc) is 1.66. The molecule has 139 heavy (non-hydrogen) atoms. The molecule has 0 spiro atoms. The van der Waals surface area contributed by atoms with Crippen LogP contribution >= 0.6 is 0 Å². The molecule has 0 amide bonds. The Morgan fingerprint density at radius 1 is 0.115 bits per heavy atom. The van der Waals surface area contributed by atoms with Crippen LogP contribution in [0.15, 0.2) is 516 Å². The van der Waals surface area contributed by atoms with Crippen molar-refractivity contribution in [3.63, 3.8) is 0 Å². The fourth-order valence-corrected chi connectivity index (χ4v) is 22.3. The number of rotatable bonds is 11. The first kappa shape index (κ1) is 80.3. The molecular formula is C133H88N6. The zero-order valence-corrected chi connectivity index (χ0v) is 76.3. The van der Waals surface area contributed by atoms with E-state index in [0.29, 0.717) is 0 Å². The minimum atomic E-state index is 1.16. The van der Waals surface area contributed by atoms with Crippen molar-refractivity contribution in [2.45, 2.75) is 6.92 Å². The maximum atomic E-state index is 2.46. The van der Waals surface area contributed by atoms with Crippen LogP contribution in [-0.2, 0) is 0 Å². The molecule has 0 aliphatic carbocycles. The SMILES string of the molecule is Cc1ccc2c(c1)c1cc(-c3ccc4c(c3)c3ccccc3n4-c3ccccc3)ccc1n2-c1cccc(-c2ccccc2)c1.c1ccc(-n2c3ccccc3c3cc(-c4ccc5c(c4)c4ccc(-c6ccc7ccccc7c6)cc4n5-c4ccccc4)ccc32)cc1.c1ccc(-n2c3ccccc3c3cc(-c4ccc5c(c4)c4ccccc4n5-c4cc5ccccc5c5ccccc45)ccc32)cc1. The van der Waals surface area contributed by atoms with Crippen molar-refractivity contribution in [1.29, 1.82) is 0 Å². The Morgan fingerprint density at radius 3 is 0.827 bits per heavy atom. The number of benzene rings is 23. The lowest BCUT2D eigenvalue weighted by Gasteiger charge is -2.14. The van der Waals surface area contributed by atoms with E-state index in [2.05, 4.69) is 550 Å². The van der Waals surface area contributed by atoms with Gasteiger partial charge in [-0.3, -0.25) is 0 Å². The van der Waals surface area contributed by atoms with Crippen molar-refractivity contribution in [2.75, 3.05) is 0 Å². The van der Waals surface area contributed by atoms with E-state index in [0.717, 1.165) is 5.69 Å². The Bertz CT molecular complexity index is 9960. The van der Waals surface area contributed by atoms with Crippen molar-refractivity contribution in [1.82, 2.24) is 27.4 Å². The van der Waals surface area contributed by atoms with Crippen LogP contribution in [0.1, 0.15) is 5.56 Å². The Hall–Kier alpha value is -18.4. The Labute approximate surface area is 802 Å². The highest BCUT2D eigenvalue weighted by Gasteiger charge is 2.24. The van der Waals surface area contributed by atoms with Crippen molar-refractivity contribution < 1.29 is 0 Å². The molecule has 0 N–H and O–H groups in total. The summed E-state index contributed by atoms with van der Waals surface area (Å²) in [6, 6.07) is 188. The molecule has 23 aromatic carbocycles. The van der Waals surface area contributed by atoms with Crippen LogP contribution in [0.5, 0.6) is 0 Å². The lowest BCUT2D eigenvalue weighted by molar-refractivity contribution is 1.18. The molecule has 0 aliphatic rings. The maximum Gasteiger partial charge on any atom is 0.0547 e. The van der Waals surface area contributed by atoms with Gasteiger partial charge in [0.1, 0.15) is 0 Å². The summed E-state index contributed by atoms with van der Waals surface area (Å²) < 4.78 is 14.4. The van der Waals surface area contributed by atoms with E-state index in [4.69, 9.17) is 0 Å². The molecule has 0 saturated heterocycles. The quantitative estimate of drug-likeness (QED) is 0.116. The molecule has 650 valence electrons. The standard InChI is InChI=1S/C46H30N2.C44H28N2.C43H30N2/c1-3-13-37(14-4-1)47-43-18-10-9-17-39(43)41-28-34(22-25-44(41)47)35-23-26-45-42(29-35)40-24-21-36(30-46(40)48(45)38-15-5-2-6-16-38)33-20-19-31-11-7-8-12-32(31)27-33;1-2-13-32(14-3-1)45-40-20-10-8-18-36(40)38-26-29(22-24-42(38)45)30-23-25-43-39(27-30)37-19-9-11-21-41(37)46(43)44-28-31-12-4-5-15-33(31)34-16-6-7-17-35(34)44;1-29-19-22-41-37(25-29)39-28-33(21-24-43(39)45(41)35-16-10-13-31(26-35)30-11-4-2-5-12-30)32-20-23-42-38(27-32)36-17-8-9-18-40(36)44(42)34-14-6-3-7-15-34/h1-30H;1-28H;2-28H,1H3. The lowest BCUT2D eigenvalue weighted by atomic mass is 9.99. The van der Waals surface area contributed by atoms with Gasteiger partial charge in [-0.2, -0.15) is 0 Å². The molecule has 0 saturated carbocycles. The van der Waals surface area contributed by atoms with Crippen LogP contribution in [0.25, 0.3) is 253 Å². The minimum Gasteiger partial charge on any atom is -0.309 e. The summed E-state index contributed by atoms with van der Waals surface area (Å²) in [5, 5.41) is 22.8. The van der Waals surface area contributed by atoms with E-state index in [1.807, 2.05) is 0 Å². The summed E-state index contributed by atoms with van der Waals surface area (Å²) in [6.45, 7) is 2.18. The highest BCUT2D eigenvalue weighted by Crippen LogP contribution is 2.47. The zero-order chi connectivity index (χ0) is 91.7. The van der Waals surface area contributed by atoms with Gasteiger partial charge in [0.05, 0.1) is 71.9 Å². The maximum absolute atomic E-state index is 2.46. The summed E-state index contributed by atoms with van der Waals surface area (Å²) in [4.78, 5) is 0. The smallest absolute Gasteiger partial charge is 0.0547 e. The van der Waals surface area contributed by atoms with Crippen molar-refractivity contribution in [2.24, 2.45) is 0 Å². The number of hydrogen-bond acceptors (Lipinski definition) is 0. The summed E-state index contributed by atoms with van der Waals surface area (Å²) in [5.41, 5.74) is 35.1. The van der Waals surface area contributed by atoms with E-state index in [1.165, 1.54) is 253 Å². The second kappa shape index (κ2) is 33.1. The van der Waals surface area contributed by atoms with Gasteiger partial charge in [-0.25, -0.2) is 0 Å². The molecule has 0 bridgehead atoms. The van der Waals surface area contributed by atoms with Crippen LogP contribution in [0.4, 0.5) is 0 Å². The number of fused-ring (bicyclic) bond motifs is 22. The van der Waals surface area contributed by atoms with Crippen molar-refractivity contribution in [3.8, 4) is 89.8 Å². The Kier molecular flexibility index (Phi) is 19.1. The molecular weight excluding hydrogens is 1680 g/mol. The fourth-order valence-electron chi connectivity index (χ4n) is 22.3. The van der Waals surface area contributed by atoms with E-state index in [1.54, 1.807) is 0 Å². The van der Waals surface area contributed by atoms with Gasteiger partial charge in [-0.1, -0.05) is 333 Å². The monoisotopic (exact) mass is 1770 g/mol. The third kappa shape index (κ3) is 13.5. The molecule has 6 nitrogen and oxygen atoms in total. The largest absolute Gasteiger partial charge is 0.309 e. The summed E-state index contributed by atoms with van der Waals surface area (Å²) in [5.74, 6) is 0. The minimum absolute atomic E-state index is 1.16. The second-order valence-electron chi connectivity index (χ2n) is 36.7. The molecule has 0 atom stereocenters. The van der Waals surface area contributed by atoms with Gasteiger partial charge >= 0.3 is 0 Å². The summed E-state index contributed by atoms with van der Waals surface area (Å²) >= 11 is 0. The number of hydrogen-bond donors (Lipinski definition) is 0. The topological polar surface area (TPSA) is 29.6 Å². The third-order valence-corrected chi connectivity index (χ3v) is 28.7. The zero-order valence-electron chi connectivity index (χ0n) is 76.3. The first-order valence-corrected chi connectivity index (χ1v) is 47.9. The molecule has 6 aromatic heterocycles. The Morgan fingerprint density at radius 2 is 0.381 bits per heavy atom. The number of aromatic nitrogens is 6. The Balaban J connectivity index is 0.000000105. The molecule has 6 heteroatoms. The predicted molar refractivity (Wildman–Crippen MR) is 590 cm³/mol. The molecule has 0 unspecified atom stereocenters. The molecule has 29 rings (SSSR count). The van der Waals surface area contributed by atoms with Crippen LogP contribution in [0, 0.1) is 6.92 Å². The number of aryl methyl sites for hydroxylation is 1. The van der Waals surface area contributed by atoms with Crippen LogP contribution in [-0.4, -0.2) is 27.4 Å². The van der Waals surface area contributed by atoms with Crippen molar-refractivity contribution in [3.05, 3.63) is 521 Å².